The van der Waals surface area contributed by atoms with Crippen LogP contribution < -0.4 is 5.32 Å². The Morgan fingerprint density at radius 1 is 1.34 bits per heavy atom. The molecule has 3 aliphatic rings. The van der Waals surface area contributed by atoms with E-state index >= 15 is 0 Å². The Bertz CT molecular complexity index is 824. The highest BCUT2D eigenvalue weighted by Gasteiger charge is 2.31. The SMILES string of the molecule is CN1CN2C[C@H](CO)N=C2C=C1C(=O)NC[C@H](O)CN1CCc2ccccc2C1. The van der Waals surface area contributed by atoms with Gasteiger partial charge in [0.05, 0.1) is 25.4 Å². The van der Waals surface area contributed by atoms with Crippen molar-refractivity contribution < 1.29 is 15.0 Å². The molecule has 0 fully saturated rings. The van der Waals surface area contributed by atoms with Gasteiger partial charge in [0.15, 0.2) is 0 Å². The Kier molecular flexibility index (Phi) is 5.84. The highest BCUT2D eigenvalue weighted by atomic mass is 16.3. The molecule has 0 aliphatic carbocycles. The maximum absolute atomic E-state index is 12.6. The first-order valence-corrected chi connectivity index (χ1v) is 10.2. The number of benzene rings is 1. The number of amides is 1. The average molecular weight is 399 g/mol. The van der Waals surface area contributed by atoms with Crippen LogP contribution in [0.2, 0.25) is 0 Å². The Labute approximate surface area is 171 Å². The van der Waals surface area contributed by atoms with Gasteiger partial charge in [0.2, 0.25) is 0 Å². The van der Waals surface area contributed by atoms with Crippen molar-refractivity contribution >= 4 is 11.7 Å². The number of nitrogens with one attached hydrogen (secondary N) is 1. The monoisotopic (exact) mass is 399 g/mol. The number of amidine groups is 1. The van der Waals surface area contributed by atoms with E-state index in [1.807, 2.05) is 22.9 Å². The lowest BCUT2D eigenvalue weighted by Crippen LogP contribution is -2.47. The number of nitrogens with zero attached hydrogens (tertiary/aromatic N) is 4. The molecule has 0 spiro atoms. The maximum atomic E-state index is 12.6. The lowest BCUT2D eigenvalue weighted by Gasteiger charge is -2.33. The molecule has 3 aliphatic heterocycles. The highest BCUT2D eigenvalue weighted by Crippen LogP contribution is 2.20. The number of hydrogen-bond acceptors (Lipinski definition) is 7. The van der Waals surface area contributed by atoms with Gasteiger partial charge < -0.3 is 25.3 Å². The first-order chi connectivity index (χ1) is 14.0. The molecule has 156 valence electrons. The van der Waals surface area contributed by atoms with Crippen molar-refractivity contribution in [2.24, 2.45) is 4.99 Å². The molecule has 0 radical (unpaired) electrons. The van der Waals surface area contributed by atoms with Gasteiger partial charge in [0.1, 0.15) is 11.5 Å². The minimum atomic E-state index is -0.627. The fourth-order valence-electron chi connectivity index (χ4n) is 4.19. The molecule has 2 atom stereocenters. The normalized spacial score (nSPS) is 22.5. The minimum Gasteiger partial charge on any atom is -0.394 e. The van der Waals surface area contributed by atoms with Crippen molar-refractivity contribution in [3.8, 4) is 0 Å². The van der Waals surface area contributed by atoms with E-state index in [9.17, 15) is 15.0 Å². The van der Waals surface area contributed by atoms with Gasteiger partial charge in [-0.25, -0.2) is 0 Å². The summed E-state index contributed by atoms with van der Waals surface area (Å²) in [5, 5.41) is 22.6. The first kappa shape index (κ1) is 19.9. The van der Waals surface area contributed by atoms with Crippen LogP contribution in [0.1, 0.15) is 11.1 Å². The molecular weight excluding hydrogens is 370 g/mol. The molecule has 8 nitrogen and oxygen atoms in total. The molecule has 1 aromatic rings. The fourth-order valence-corrected chi connectivity index (χ4v) is 4.19. The molecule has 3 heterocycles. The second-order valence-electron chi connectivity index (χ2n) is 8.03. The van der Waals surface area contributed by atoms with Gasteiger partial charge in [-0.2, -0.15) is 0 Å². The van der Waals surface area contributed by atoms with Crippen molar-refractivity contribution in [1.82, 2.24) is 20.0 Å². The summed E-state index contributed by atoms with van der Waals surface area (Å²) in [5.41, 5.74) is 3.22. The number of carbonyl (C=O) groups excluding carboxylic acids is 1. The number of carbonyl (C=O) groups is 1. The van der Waals surface area contributed by atoms with Crippen LogP contribution in [-0.4, -0.2) is 95.3 Å². The van der Waals surface area contributed by atoms with Gasteiger partial charge >= 0.3 is 0 Å². The zero-order chi connectivity index (χ0) is 20.4. The molecule has 4 rings (SSSR count). The molecular formula is C21H29N5O3. The molecule has 1 amide bonds. The van der Waals surface area contributed by atoms with Gasteiger partial charge in [-0.3, -0.25) is 14.7 Å². The Hall–Kier alpha value is -2.42. The van der Waals surface area contributed by atoms with Crippen LogP contribution in [-0.2, 0) is 17.8 Å². The van der Waals surface area contributed by atoms with Crippen molar-refractivity contribution in [3.05, 3.63) is 47.2 Å². The molecule has 0 saturated heterocycles. The van der Waals surface area contributed by atoms with Crippen LogP contribution in [0.4, 0.5) is 0 Å². The maximum Gasteiger partial charge on any atom is 0.267 e. The molecule has 8 heteroatoms. The summed E-state index contributed by atoms with van der Waals surface area (Å²) in [6, 6.07) is 8.28. The molecule has 1 aromatic carbocycles. The number of aliphatic hydroxyl groups is 2. The van der Waals surface area contributed by atoms with Gasteiger partial charge in [-0.15, -0.1) is 0 Å². The van der Waals surface area contributed by atoms with E-state index in [4.69, 9.17) is 0 Å². The molecule has 0 unspecified atom stereocenters. The van der Waals surface area contributed by atoms with E-state index in [2.05, 4.69) is 33.4 Å². The van der Waals surface area contributed by atoms with E-state index in [0.717, 1.165) is 25.3 Å². The van der Waals surface area contributed by atoms with Crippen LogP contribution in [0.25, 0.3) is 0 Å². The van der Waals surface area contributed by atoms with Crippen molar-refractivity contribution in [1.29, 1.82) is 0 Å². The van der Waals surface area contributed by atoms with Gasteiger partial charge in [0, 0.05) is 45.8 Å². The minimum absolute atomic E-state index is 0.00620. The third-order valence-corrected chi connectivity index (χ3v) is 5.75. The molecule has 0 aromatic heterocycles. The average Bonchev–Trinajstić information content (AvgIpc) is 3.13. The number of rotatable bonds is 6. The summed E-state index contributed by atoms with van der Waals surface area (Å²) in [6.07, 6.45) is 2.11. The van der Waals surface area contributed by atoms with Crippen molar-refractivity contribution in [2.45, 2.75) is 25.1 Å². The zero-order valence-corrected chi connectivity index (χ0v) is 16.8. The second-order valence-corrected chi connectivity index (χ2v) is 8.03. The predicted molar refractivity (Wildman–Crippen MR) is 110 cm³/mol. The van der Waals surface area contributed by atoms with Crippen LogP contribution in [0.5, 0.6) is 0 Å². The summed E-state index contributed by atoms with van der Waals surface area (Å²) in [7, 11) is 1.86. The number of fused-ring (bicyclic) bond motifs is 2. The quantitative estimate of drug-likeness (QED) is 0.591. The van der Waals surface area contributed by atoms with Crippen LogP contribution in [0, 0.1) is 0 Å². The molecule has 29 heavy (non-hydrogen) atoms. The molecule has 3 N–H and O–H groups in total. The number of aliphatic imine (C=N–C) groups is 1. The van der Waals surface area contributed by atoms with Crippen LogP contribution in [0.15, 0.2) is 41.0 Å². The summed E-state index contributed by atoms with van der Waals surface area (Å²) in [5.74, 6) is 0.519. The van der Waals surface area contributed by atoms with E-state index in [-0.39, 0.29) is 25.1 Å². The van der Waals surface area contributed by atoms with E-state index < -0.39 is 6.10 Å². The van der Waals surface area contributed by atoms with Crippen LogP contribution >= 0.6 is 0 Å². The Morgan fingerprint density at radius 2 is 2.14 bits per heavy atom. The lowest BCUT2D eigenvalue weighted by atomic mass is 10.00. The molecule has 0 saturated carbocycles. The Morgan fingerprint density at radius 3 is 2.93 bits per heavy atom. The number of β-amino-alcohol motifs (C(OH)–C–C–N with tert-alkyl or cyclic N) is 1. The largest absolute Gasteiger partial charge is 0.394 e. The number of likely N-dealkylation sites (N-methyl/N-ethyl adjacent to an activating group) is 1. The molecule has 0 bridgehead atoms. The summed E-state index contributed by atoms with van der Waals surface area (Å²) < 4.78 is 0. The van der Waals surface area contributed by atoms with E-state index in [1.54, 1.807) is 6.08 Å². The number of hydrogen-bond donors (Lipinski definition) is 3. The third kappa shape index (κ3) is 4.44. The summed E-state index contributed by atoms with van der Waals surface area (Å²) >= 11 is 0. The van der Waals surface area contributed by atoms with E-state index in [0.29, 0.717) is 25.5 Å². The summed E-state index contributed by atoms with van der Waals surface area (Å²) in [6.45, 7) is 3.71. The van der Waals surface area contributed by atoms with Gasteiger partial charge in [0.25, 0.3) is 5.91 Å². The topological polar surface area (TPSA) is 91.6 Å². The fraction of sp³-hybridized carbons (Fsp3) is 0.524. The first-order valence-electron chi connectivity index (χ1n) is 10.2. The van der Waals surface area contributed by atoms with Crippen LogP contribution in [0.3, 0.4) is 0 Å². The van der Waals surface area contributed by atoms with E-state index in [1.165, 1.54) is 11.1 Å². The number of aliphatic hydroxyl groups excluding tert-OH is 2. The second kappa shape index (κ2) is 8.52. The zero-order valence-electron chi connectivity index (χ0n) is 16.8. The lowest BCUT2D eigenvalue weighted by molar-refractivity contribution is -0.119. The van der Waals surface area contributed by atoms with Crippen molar-refractivity contribution in [2.75, 3.05) is 46.5 Å². The van der Waals surface area contributed by atoms with Crippen molar-refractivity contribution in [3.63, 3.8) is 0 Å². The highest BCUT2D eigenvalue weighted by molar-refractivity contribution is 6.04. The predicted octanol–water partition coefficient (Wildman–Crippen LogP) is -0.616. The standard InChI is InChI=1S/C21H29N5O3/c1-24-14-26-11-17(13-27)23-20(26)8-19(24)21(29)22-9-18(28)12-25-7-6-15-4-2-3-5-16(15)10-25/h2-5,8,17-18,27-28H,6-7,9-14H2,1H3,(H,22,29)/t17-,18+/m1/s1. The van der Waals surface area contributed by atoms with Gasteiger partial charge in [-0.1, -0.05) is 24.3 Å². The van der Waals surface area contributed by atoms with Gasteiger partial charge in [-0.05, 0) is 17.5 Å². The summed E-state index contributed by atoms with van der Waals surface area (Å²) in [4.78, 5) is 23.2. The Balaban J connectivity index is 1.29. The third-order valence-electron chi connectivity index (χ3n) is 5.75. The smallest absolute Gasteiger partial charge is 0.267 e.